The van der Waals surface area contributed by atoms with Crippen LogP contribution in [0.4, 0.5) is 0 Å². The average molecular weight is 425 g/mol. The van der Waals surface area contributed by atoms with Crippen LogP contribution in [0.3, 0.4) is 0 Å². The van der Waals surface area contributed by atoms with Gasteiger partial charge in [-0.15, -0.1) is 0 Å². The number of aryl methyl sites for hydroxylation is 2. The molecule has 1 aromatic carbocycles. The number of aromatic nitrogens is 3. The summed E-state index contributed by atoms with van der Waals surface area (Å²) in [6, 6.07) is 6.85. The van der Waals surface area contributed by atoms with Crippen molar-refractivity contribution in [2.24, 2.45) is 7.05 Å². The maximum Gasteiger partial charge on any atom is 0.339 e. The maximum atomic E-state index is 12.8. The lowest BCUT2D eigenvalue weighted by Crippen LogP contribution is -2.27. The number of Topliss-reactive ketones (excluding diaryl/α,β-unsaturated/α-hetero) is 1. The minimum Gasteiger partial charge on any atom is -0.465 e. The van der Waals surface area contributed by atoms with Gasteiger partial charge in [-0.3, -0.25) is 14.4 Å². The quantitative estimate of drug-likeness (QED) is 0.474. The van der Waals surface area contributed by atoms with Gasteiger partial charge in [0.25, 0.3) is 5.56 Å². The number of fused-ring (bicyclic) bond motifs is 1. The molecule has 2 heterocycles. The van der Waals surface area contributed by atoms with Crippen molar-refractivity contribution in [2.75, 3.05) is 7.11 Å². The first kappa shape index (κ1) is 21.9. The van der Waals surface area contributed by atoms with E-state index in [4.69, 9.17) is 9.47 Å². The molecule has 3 aromatic rings. The van der Waals surface area contributed by atoms with Crippen LogP contribution in [0, 0.1) is 13.8 Å². The first-order valence-electron chi connectivity index (χ1n) is 9.61. The molecule has 162 valence electrons. The van der Waals surface area contributed by atoms with Crippen LogP contribution in [-0.2, 0) is 27.7 Å². The van der Waals surface area contributed by atoms with Crippen LogP contribution in [0.15, 0.2) is 29.1 Å². The maximum absolute atomic E-state index is 12.8. The summed E-state index contributed by atoms with van der Waals surface area (Å²) in [5, 5.41) is 5.17. The SMILES string of the molecule is COC(=O)c1c(C)[nH]c(C(=O)C(C)OC(=O)Cc2nn(C)c(=O)c3ccccc23)c1C. The molecule has 0 fully saturated rings. The predicted octanol–water partition coefficient (Wildman–Crippen LogP) is 2.02. The molecule has 0 radical (unpaired) electrons. The van der Waals surface area contributed by atoms with Crippen molar-refractivity contribution < 1.29 is 23.9 Å². The van der Waals surface area contributed by atoms with E-state index < -0.39 is 23.8 Å². The highest BCUT2D eigenvalue weighted by atomic mass is 16.5. The van der Waals surface area contributed by atoms with Crippen LogP contribution in [0.5, 0.6) is 0 Å². The van der Waals surface area contributed by atoms with E-state index in [2.05, 4.69) is 10.1 Å². The lowest BCUT2D eigenvalue weighted by molar-refractivity contribution is -0.145. The zero-order valence-corrected chi connectivity index (χ0v) is 17.9. The van der Waals surface area contributed by atoms with Gasteiger partial charge in [0.15, 0.2) is 6.10 Å². The van der Waals surface area contributed by atoms with Crippen molar-refractivity contribution >= 4 is 28.5 Å². The van der Waals surface area contributed by atoms with Crippen molar-refractivity contribution in [2.45, 2.75) is 33.3 Å². The van der Waals surface area contributed by atoms with Crippen LogP contribution < -0.4 is 5.56 Å². The fourth-order valence-electron chi connectivity index (χ4n) is 3.54. The van der Waals surface area contributed by atoms with Gasteiger partial charge in [-0.05, 0) is 32.4 Å². The molecule has 0 saturated heterocycles. The Morgan fingerprint density at radius 2 is 1.81 bits per heavy atom. The Hall–Kier alpha value is -3.75. The zero-order valence-electron chi connectivity index (χ0n) is 17.9. The number of H-pyrrole nitrogens is 1. The van der Waals surface area contributed by atoms with E-state index in [1.54, 1.807) is 38.1 Å². The van der Waals surface area contributed by atoms with Crippen molar-refractivity contribution in [1.82, 2.24) is 14.8 Å². The molecule has 0 aliphatic carbocycles. The Labute approximate surface area is 178 Å². The van der Waals surface area contributed by atoms with E-state index in [1.165, 1.54) is 25.8 Å². The van der Waals surface area contributed by atoms with E-state index in [0.29, 0.717) is 27.7 Å². The summed E-state index contributed by atoms with van der Waals surface area (Å²) in [6.45, 7) is 4.74. The molecular formula is C22H23N3O6. The second kappa shape index (κ2) is 8.55. The largest absolute Gasteiger partial charge is 0.465 e. The number of esters is 2. The van der Waals surface area contributed by atoms with Crippen LogP contribution in [0.2, 0.25) is 0 Å². The number of ether oxygens (including phenoxy) is 2. The number of carbonyl (C=O) groups is 3. The molecule has 1 unspecified atom stereocenters. The van der Waals surface area contributed by atoms with Crippen molar-refractivity contribution in [3.8, 4) is 0 Å². The van der Waals surface area contributed by atoms with Gasteiger partial charge in [-0.25, -0.2) is 9.48 Å². The Balaban J connectivity index is 1.80. The number of methoxy groups -OCH3 is 1. The van der Waals surface area contributed by atoms with Gasteiger partial charge in [0.2, 0.25) is 5.78 Å². The van der Waals surface area contributed by atoms with E-state index in [9.17, 15) is 19.2 Å². The second-order valence-electron chi connectivity index (χ2n) is 7.21. The standard InChI is InChI=1S/C22H23N3O6/c1-11-18(22(29)30-5)12(2)23-19(11)20(27)13(3)31-17(26)10-16-14-8-6-7-9-15(14)21(28)25(4)24-16/h6-9,13,23H,10H2,1-5H3. The van der Waals surface area contributed by atoms with Crippen LogP contribution in [0.25, 0.3) is 10.8 Å². The minimum absolute atomic E-state index is 0.184. The Morgan fingerprint density at radius 3 is 2.45 bits per heavy atom. The number of rotatable bonds is 6. The third kappa shape index (κ3) is 4.11. The highest BCUT2D eigenvalue weighted by molar-refractivity contribution is 6.04. The number of benzene rings is 1. The smallest absolute Gasteiger partial charge is 0.339 e. The average Bonchev–Trinajstić information content (AvgIpc) is 3.04. The number of hydrogen-bond donors (Lipinski definition) is 1. The Bertz CT molecular complexity index is 1250. The second-order valence-corrected chi connectivity index (χ2v) is 7.21. The number of nitrogens with zero attached hydrogens (tertiary/aromatic N) is 2. The molecule has 1 atom stereocenters. The summed E-state index contributed by atoms with van der Waals surface area (Å²) in [5.74, 6) is -1.68. The number of hydrogen-bond acceptors (Lipinski definition) is 7. The molecule has 0 bridgehead atoms. The molecule has 3 rings (SSSR count). The Morgan fingerprint density at radius 1 is 1.16 bits per heavy atom. The summed E-state index contributed by atoms with van der Waals surface area (Å²) >= 11 is 0. The highest BCUT2D eigenvalue weighted by Gasteiger charge is 2.27. The van der Waals surface area contributed by atoms with Gasteiger partial charge in [0.1, 0.15) is 0 Å². The minimum atomic E-state index is -1.09. The molecule has 9 heteroatoms. The molecule has 0 saturated carbocycles. The zero-order chi connectivity index (χ0) is 22.9. The van der Waals surface area contributed by atoms with Gasteiger partial charge in [-0.1, -0.05) is 18.2 Å². The molecular weight excluding hydrogens is 402 g/mol. The van der Waals surface area contributed by atoms with Crippen LogP contribution in [-0.4, -0.2) is 45.7 Å². The van der Waals surface area contributed by atoms with Gasteiger partial charge < -0.3 is 14.5 Å². The number of nitrogens with one attached hydrogen (secondary N) is 1. The highest BCUT2D eigenvalue weighted by Crippen LogP contribution is 2.21. The fourth-order valence-corrected chi connectivity index (χ4v) is 3.54. The van der Waals surface area contributed by atoms with Crippen LogP contribution >= 0.6 is 0 Å². The monoisotopic (exact) mass is 425 g/mol. The molecule has 1 N–H and O–H groups in total. The van der Waals surface area contributed by atoms with Gasteiger partial charge >= 0.3 is 11.9 Å². The van der Waals surface area contributed by atoms with Crippen molar-refractivity contribution in [1.29, 1.82) is 0 Å². The summed E-state index contributed by atoms with van der Waals surface area (Å²) in [5.41, 5.74) is 1.50. The number of aromatic amines is 1. The normalized spacial score (nSPS) is 11.9. The number of ketones is 1. The fraction of sp³-hybridized carbons (Fsp3) is 0.318. The topological polar surface area (TPSA) is 120 Å². The van der Waals surface area contributed by atoms with Crippen LogP contribution in [0.1, 0.15) is 44.7 Å². The lowest BCUT2D eigenvalue weighted by atomic mass is 10.1. The Kier molecular flexibility index (Phi) is 6.05. The lowest BCUT2D eigenvalue weighted by Gasteiger charge is -2.13. The first-order chi connectivity index (χ1) is 14.6. The number of carbonyl (C=O) groups excluding carboxylic acids is 3. The van der Waals surface area contributed by atoms with E-state index in [1.807, 2.05) is 0 Å². The summed E-state index contributed by atoms with van der Waals surface area (Å²) in [7, 11) is 2.77. The van der Waals surface area contributed by atoms with Gasteiger partial charge in [0.05, 0.1) is 35.9 Å². The third-order valence-electron chi connectivity index (χ3n) is 5.10. The summed E-state index contributed by atoms with van der Waals surface area (Å²) in [6.07, 6.45) is -1.30. The molecule has 0 aliphatic heterocycles. The van der Waals surface area contributed by atoms with E-state index in [-0.39, 0.29) is 23.2 Å². The van der Waals surface area contributed by atoms with Crippen molar-refractivity contribution in [3.05, 3.63) is 62.8 Å². The molecule has 9 nitrogen and oxygen atoms in total. The summed E-state index contributed by atoms with van der Waals surface area (Å²) < 4.78 is 11.2. The third-order valence-corrected chi connectivity index (χ3v) is 5.10. The van der Waals surface area contributed by atoms with Gasteiger partial charge in [0, 0.05) is 18.1 Å². The molecule has 0 amide bonds. The van der Waals surface area contributed by atoms with Gasteiger partial charge in [-0.2, -0.15) is 5.10 Å². The molecule has 0 aliphatic rings. The predicted molar refractivity (Wildman–Crippen MR) is 112 cm³/mol. The van der Waals surface area contributed by atoms with E-state index in [0.717, 1.165) is 0 Å². The van der Waals surface area contributed by atoms with Crippen molar-refractivity contribution in [3.63, 3.8) is 0 Å². The van der Waals surface area contributed by atoms with E-state index >= 15 is 0 Å². The molecule has 0 spiro atoms. The molecule has 2 aromatic heterocycles. The molecule has 31 heavy (non-hydrogen) atoms. The summed E-state index contributed by atoms with van der Waals surface area (Å²) in [4.78, 5) is 52.4. The first-order valence-corrected chi connectivity index (χ1v) is 9.61.